The molecular formula is C13H17ClN2O2. The van der Waals surface area contributed by atoms with E-state index in [4.69, 9.17) is 16.3 Å². The Morgan fingerprint density at radius 1 is 1.33 bits per heavy atom. The first-order chi connectivity index (χ1) is 8.56. The fourth-order valence-electron chi connectivity index (χ4n) is 2.10. The maximum Gasteiger partial charge on any atom is 0.322 e. The summed E-state index contributed by atoms with van der Waals surface area (Å²) in [7, 11) is 0. The highest BCUT2D eigenvalue weighted by molar-refractivity contribution is 6.33. The number of nitrogens with zero attached hydrogens (tertiary/aromatic N) is 1. The van der Waals surface area contributed by atoms with Crippen molar-refractivity contribution >= 4 is 23.3 Å². The Bertz CT molecular complexity index is 429. The van der Waals surface area contributed by atoms with Crippen molar-refractivity contribution < 1.29 is 9.53 Å². The summed E-state index contributed by atoms with van der Waals surface area (Å²) in [6.07, 6.45) is 0.122. The maximum atomic E-state index is 12.1. The first-order valence-electron chi connectivity index (χ1n) is 6.02. The van der Waals surface area contributed by atoms with Gasteiger partial charge in [-0.05, 0) is 26.0 Å². The van der Waals surface area contributed by atoms with Crippen LogP contribution in [0.25, 0.3) is 0 Å². The molecular weight excluding hydrogens is 252 g/mol. The van der Waals surface area contributed by atoms with Crippen molar-refractivity contribution in [3.05, 3.63) is 29.3 Å². The van der Waals surface area contributed by atoms with Crippen molar-refractivity contribution in [1.29, 1.82) is 0 Å². The summed E-state index contributed by atoms with van der Waals surface area (Å²) >= 11 is 6.01. The summed E-state index contributed by atoms with van der Waals surface area (Å²) < 4.78 is 5.59. The van der Waals surface area contributed by atoms with Gasteiger partial charge in [0.15, 0.2) is 0 Å². The minimum Gasteiger partial charge on any atom is -0.372 e. The molecule has 0 spiro atoms. The molecule has 1 aromatic carbocycles. The molecule has 1 aliphatic rings. The number of halogens is 1. The lowest BCUT2D eigenvalue weighted by Gasteiger charge is -2.35. The van der Waals surface area contributed by atoms with Crippen LogP contribution in [0.3, 0.4) is 0 Å². The summed E-state index contributed by atoms with van der Waals surface area (Å²) in [4.78, 5) is 13.9. The molecule has 1 N–H and O–H groups in total. The van der Waals surface area contributed by atoms with Gasteiger partial charge in [0.25, 0.3) is 0 Å². The number of benzene rings is 1. The SMILES string of the molecule is C[C@@H]1CN(C(=O)Nc2ccccc2Cl)C[C@@H](C)O1. The quantitative estimate of drug-likeness (QED) is 0.851. The molecule has 1 aliphatic heterocycles. The van der Waals surface area contributed by atoms with E-state index in [1.807, 2.05) is 26.0 Å². The number of carbonyl (C=O) groups excluding carboxylic acids is 1. The molecule has 4 nitrogen and oxygen atoms in total. The molecule has 18 heavy (non-hydrogen) atoms. The van der Waals surface area contributed by atoms with Crippen molar-refractivity contribution in [2.24, 2.45) is 0 Å². The van der Waals surface area contributed by atoms with Crippen molar-refractivity contribution in [1.82, 2.24) is 4.90 Å². The van der Waals surface area contributed by atoms with Crippen LogP contribution in [0.1, 0.15) is 13.8 Å². The zero-order valence-corrected chi connectivity index (χ0v) is 11.3. The number of morpholine rings is 1. The van der Waals surface area contributed by atoms with E-state index in [1.54, 1.807) is 17.0 Å². The Morgan fingerprint density at radius 2 is 1.94 bits per heavy atom. The van der Waals surface area contributed by atoms with Crippen LogP contribution in [-0.4, -0.2) is 36.2 Å². The van der Waals surface area contributed by atoms with Gasteiger partial charge in [0, 0.05) is 13.1 Å². The van der Waals surface area contributed by atoms with Gasteiger partial charge in [-0.2, -0.15) is 0 Å². The second-order valence-corrected chi connectivity index (χ2v) is 4.98. The van der Waals surface area contributed by atoms with E-state index in [0.29, 0.717) is 23.8 Å². The fraction of sp³-hybridized carbons (Fsp3) is 0.462. The average Bonchev–Trinajstić information content (AvgIpc) is 2.31. The predicted molar refractivity (Wildman–Crippen MR) is 72.1 cm³/mol. The van der Waals surface area contributed by atoms with Gasteiger partial charge < -0.3 is 15.0 Å². The van der Waals surface area contributed by atoms with Gasteiger partial charge in [0.05, 0.1) is 22.9 Å². The Labute approximate surface area is 112 Å². The van der Waals surface area contributed by atoms with Crippen LogP contribution in [0.15, 0.2) is 24.3 Å². The highest BCUT2D eigenvalue weighted by atomic mass is 35.5. The number of amides is 2. The Hall–Kier alpha value is -1.26. The smallest absolute Gasteiger partial charge is 0.322 e. The third-order valence-electron chi connectivity index (χ3n) is 2.82. The summed E-state index contributed by atoms with van der Waals surface area (Å²) in [6, 6.07) is 7.07. The van der Waals surface area contributed by atoms with Crippen LogP contribution in [0.2, 0.25) is 5.02 Å². The molecule has 0 unspecified atom stereocenters. The Balaban J connectivity index is 2.02. The molecule has 1 heterocycles. The molecule has 0 aromatic heterocycles. The van der Waals surface area contributed by atoms with E-state index < -0.39 is 0 Å². The number of anilines is 1. The maximum absolute atomic E-state index is 12.1. The third kappa shape index (κ3) is 3.15. The molecule has 1 fully saturated rings. The zero-order valence-electron chi connectivity index (χ0n) is 10.5. The fourth-order valence-corrected chi connectivity index (χ4v) is 2.28. The van der Waals surface area contributed by atoms with Crippen molar-refractivity contribution in [2.75, 3.05) is 18.4 Å². The molecule has 2 rings (SSSR count). The lowest BCUT2D eigenvalue weighted by molar-refractivity contribution is -0.0530. The molecule has 98 valence electrons. The van der Waals surface area contributed by atoms with Gasteiger partial charge in [-0.15, -0.1) is 0 Å². The number of ether oxygens (including phenoxy) is 1. The van der Waals surface area contributed by atoms with Crippen LogP contribution >= 0.6 is 11.6 Å². The molecule has 0 saturated carbocycles. The summed E-state index contributed by atoms with van der Waals surface area (Å²) in [5.74, 6) is 0. The van der Waals surface area contributed by atoms with Crippen molar-refractivity contribution in [3.8, 4) is 0 Å². The van der Waals surface area contributed by atoms with Crippen molar-refractivity contribution in [3.63, 3.8) is 0 Å². The van der Waals surface area contributed by atoms with E-state index in [0.717, 1.165) is 0 Å². The molecule has 5 heteroatoms. The number of hydrogen-bond donors (Lipinski definition) is 1. The lowest BCUT2D eigenvalue weighted by atomic mass is 10.2. The number of para-hydroxylation sites is 1. The molecule has 2 atom stereocenters. The van der Waals surface area contributed by atoms with E-state index in [-0.39, 0.29) is 18.2 Å². The van der Waals surface area contributed by atoms with Gasteiger partial charge in [-0.25, -0.2) is 4.79 Å². The minimum absolute atomic E-state index is 0.0609. The van der Waals surface area contributed by atoms with Crippen LogP contribution < -0.4 is 5.32 Å². The second-order valence-electron chi connectivity index (χ2n) is 4.57. The number of rotatable bonds is 1. The Morgan fingerprint density at radius 3 is 2.56 bits per heavy atom. The normalized spacial score (nSPS) is 23.8. The highest BCUT2D eigenvalue weighted by Gasteiger charge is 2.26. The first-order valence-corrected chi connectivity index (χ1v) is 6.40. The first kappa shape index (κ1) is 13.2. The molecule has 0 radical (unpaired) electrons. The molecule has 2 amide bonds. The van der Waals surface area contributed by atoms with Crippen LogP contribution in [0, 0.1) is 0 Å². The van der Waals surface area contributed by atoms with E-state index in [9.17, 15) is 4.79 Å². The zero-order chi connectivity index (χ0) is 13.1. The number of urea groups is 1. The van der Waals surface area contributed by atoms with Gasteiger partial charge in [-0.1, -0.05) is 23.7 Å². The summed E-state index contributed by atoms with van der Waals surface area (Å²) in [6.45, 7) is 5.12. The predicted octanol–water partition coefficient (Wildman–Crippen LogP) is 2.98. The monoisotopic (exact) mass is 268 g/mol. The van der Waals surface area contributed by atoms with Crippen molar-refractivity contribution in [2.45, 2.75) is 26.1 Å². The topological polar surface area (TPSA) is 41.6 Å². The van der Waals surface area contributed by atoms with Gasteiger partial charge in [-0.3, -0.25) is 0 Å². The number of hydrogen-bond acceptors (Lipinski definition) is 2. The summed E-state index contributed by atoms with van der Waals surface area (Å²) in [5, 5.41) is 3.36. The molecule has 1 aromatic rings. The van der Waals surface area contributed by atoms with Crippen LogP contribution in [0.4, 0.5) is 10.5 Å². The van der Waals surface area contributed by atoms with Gasteiger partial charge in [0.1, 0.15) is 0 Å². The van der Waals surface area contributed by atoms with E-state index >= 15 is 0 Å². The third-order valence-corrected chi connectivity index (χ3v) is 3.15. The molecule has 0 bridgehead atoms. The molecule has 1 saturated heterocycles. The standard InChI is InChI=1S/C13H17ClN2O2/c1-9-7-16(8-10(2)18-9)13(17)15-12-6-4-3-5-11(12)14/h3-6,9-10H,7-8H2,1-2H3,(H,15,17)/t9-,10-/m1/s1. The largest absolute Gasteiger partial charge is 0.372 e. The number of carbonyl (C=O) groups is 1. The number of nitrogens with one attached hydrogen (secondary N) is 1. The molecule has 0 aliphatic carbocycles. The van der Waals surface area contributed by atoms with Crippen LogP contribution in [-0.2, 0) is 4.74 Å². The highest BCUT2D eigenvalue weighted by Crippen LogP contribution is 2.21. The Kier molecular flexibility index (Phi) is 4.09. The van der Waals surface area contributed by atoms with E-state index in [2.05, 4.69) is 5.32 Å². The summed E-state index contributed by atoms with van der Waals surface area (Å²) in [5.41, 5.74) is 0.635. The van der Waals surface area contributed by atoms with Gasteiger partial charge in [0.2, 0.25) is 0 Å². The minimum atomic E-state index is -0.134. The van der Waals surface area contributed by atoms with E-state index in [1.165, 1.54) is 0 Å². The van der Waals surface area contributed by atoms with Crippen LogP contribution in [0.5, 0.6) is 0 Å². The average molecular weight is 269 g/mol. The lowest BCUT2D eigenvalue weighted by Crippen LogP contribution is -2.49. The van der Waals surface area contributed by atoms with Gasteiger partial charge >= 0.3 is 6.03 Å². The second kappa shape index (κ2) is 5.59.